The van der Waals surface area contributed by atoms with Gasteiger partial charge in [0.05, 0.1) is 5.39 Å². The molecular weight excluding hydrogens is 286 g/mol. The Kier molecular flexibility index (Phi) is 8.05. The average molecular weight is 312 g/mol. The van der Waals surface area contributed by atoms with E-state index in [2.05, 4.69) is 22.0 Å². The molecule has 0 saturated carbocycles. The highest BCUT2D eigenvalue weighted by Gasteiger charge is 2.05. The molecule has 2 aromatic heterocycles. The maximum atomic E-state index is 5.80. The zero-order chi connectivity index (χ0) is 14.2. The smallest absolute Gasteiger partial charge is 0.186 e. The van der Waals surface area contributed by atoms with E-state index in [9.17, 15) is 0 Å². The average Bonchev–Trinajstić information content (AvgIpc) is 2.86. The Morgan fingerprint density at radius 1 is 1.00 bits per heavy atom. The number of hydrogen-bond acceptors (Lipinski definition) is 4. The third kappa shape index (κ3) is 5.50. The van der Waals surface area contributed by atoms with Crippen LogP contribution in [0.2, 0.25) is 0 Å². The third-order valence-electron chi connectivity index (χ3n) is 3.64. The molecule has 5 nitrogen and oxygen atoms in total. The van der Waals surface area contributed by atoms with Crippen LogP contribution in [0.25, 0.3) is 11.0 Å². The Balaban J connectivity index is 0.00000220. The van der Waals surface area contributed by atoms with Gasteiger partial charge >= 0.3 is 0 Å². The summed E-state index contributed by atoms with van der Waals surface area (Å²) in [4.78, 5) is 8.11. The lowest BCUT2D eigenvalue weighted by atomic mass is 10.1. The van der Waals surface area contributed by atoms with Gasteiger partial charge in [0.1, 0.15) is 12.1 Å². The zero-order valence-electron chi connectivity index (χ0n) is 12.8. The molecule has 0 saturated heterocycles. The van der Waals surface area contributed by atoms with Crippen LogP contribution < -0.4 is 5.73 Å². The fourth-order valence-corrected chi connectivity index (χ4v) is 2.42. The Hall–Kier alpha value is -1.36. The van der Waals surface area contributed by atoms with Gasteiger partial charge in [-0.2, -0.15) is 5.10 Å². The molecule has 0 aliphatic rings. The van der Waals surface area contributed by atoms with E-state index in [0.29, 0.717) is 11.5 Å². The highest BCUT2D eigenvalue weighted by molar-refractivity contribution is 5.85. The molecule has 2 N–H and O–H groups in total. The lowest BCUT2D eigenvalue weighted by molar-refractivity contribution is 0.522. The Morgan fingerprint density at radius 3 is 2.33 bits per heavy atom. The highest BCUT2D eigenvalue weighted by atomic mass is 35.5. The van der Waals surface area contributed by atoms with Crippen molar-refractivity contribution >= 4 is 29.3 Å². The molecule has 0 fully saturated rings. The second-order valence-corrected chi connectivity index (χ2v) is 5.36. The minimum Gasteiger partial charge on any atom is -0.383 e. The fraction of sp³-hybridized carbons (Fsp3) is 0.667. The van der Waals surface area contributed by atoms with Gasteiger partial charge < -0.3 is 5.73 Å². The molecule has 0 aromatic carbocycles. The van der Waals surface area contributed by atoms with Crippen molar-refractivity contribution in [1.29, 1.82) is 0 Å². The van der Waals surface area contributed by atoms with Gasteiger partial charge in [0.25, 0.3) is 0 Å². The Bertz CT molecular complexity index is 526. The molecule has 6 heteroatoms. The number of anilines is 1. The molecule has 0 aliphatic carbocycles. The molecule has 2 heterocycles. The number of nitrogens with zero attached hydrogens (tertiary/aromatic N) is 4. The summed E-state index contributed by atoms with van der Waals surface area (Å²) in [5.74, 6) is 0.511. The molecule has 118 valence electrons. The van der Waals surface area contributed by atoms with Crippen LogP contribution >= 0.6 is 12.4 Å². The third-order valence-corrected chi connectivity index (χ3v) is 3.64. The summed E-state index contributed by atoms with van der Waals surface area (Å²) in [6.07, 6.45) is 14.0. The number of fused-ring (bicyclic) bond motifs is 1. The lowest BCUT2D eigenvalue weighted by Crippen LogP contribution is -1.98. The molecule has 0 spiro atoms. The number of aromatic nitrogens is 4. The molecule has 0 radical (unpaired) electrons. The summed E-state index contributed by atoms with van der Waals surface area (Å²) in [6, 6.07) is 0. The maximum absolute atomic E-state index is 5.80. The van der Waals surface area contributed by atoms with Crippen LogP contribution in [-0.4, -0.2) is 19.7 Å². The van der Waals surface area contributed by atoms with Crippen LogP contribution in [0, 0.1) is 0 Å². The Labute approximate surface area is 132 Å². The largest absolute Gasteiger partial charge is 0.383 e. The van der Waals surface area contributed by atoms with Crippen molar-refractivity contribution in [3.05, 3.63) is 12.5 Å². The molecule has 0 bridgehead atoms. The first-order valence-corrected chi connectivity index (χ1v) is 7.75. The predicted octanol–water partition coefficient (Wildman–Crippen LogP) is 3.97. The van der Waals surface area contributed by atoms with Crippen LogP contribution in [0.15, 0.2) is 12.5 Å². The van der Waals surface area contributed by atoms with E-state index in [1.165, 1.54) is 51.3 Å². The van der Waals surface area contributed by atoms with Crippen molar-refractivity contribution in [3.8, 4) is 0 Å². The van der Waals surface area contributed by atoms with Crippen molar-refractivity contribution < 1.29 is 0 Å². The predicted molar refractivity (Wildman–Crippen MR) is 89.6 cm³/mol. The summed E-state index contributed by atoms with van der Waals surface area (Å²) in [5, 5.41) is 5.27. The van der Waals surface area contributed by atoms with Gasteiger partial charge in [0, 0.05) is 12.7 Å². The van der Waals surface area contributed by atoms with Crippen molar-refractivity contribution in [2.24, 2.45) is 0 Å². The van der Waals surface area contributed by atoms with Gasteiger partial charge in [-0.25, -0.2) is 9.97 Å². The number of nitrogens with two attached hydrogens (primary N) is 1. The minimum absolute atomic E-state index is 0. The summed E-state index contributed by atoms with van der Waals surface area (Å²) in [6.45, 7) is 3.19. The van der Waals surface area contributed by atoms with E-state index in [4.69, 9.17) is 5.73 Å². The van der Waals surface area contributed by atoms with Gasteiger partial charge in [0.15, 0.2) is 5.65 Å². The Morgan fingerprint density at radius 2 is 1.67 bits per heavy atom. The first-order valence-electron chi connectivity index (χ1n) is 7.75. The number of hydrogen-bond donors (Lipinski definition) is 1. The van der Waals surface area contributed by atoms with Crippen molar-refractivity contribution in [2.45, 2.75) is 64.8 Å². The quantitative estimate of drug-likeness (QED) is 0.711. The second kappa shape index (κ2) is 9.55. The summed E-state index contributed by atoms with van der Waals surface area (Å²) < 4.78 is 1.94. The van der Waals surface area contributed by atoms with Crippen LogP contribution in [0.4, 0.5) is 5.82 Å². The van der Waals surface area contributed by atoms with E-state index in [0.717, 1.165) is 18.4 Å². The SMILES string of the molecule is CCCCCCCCCCn1cc2c(N)ncnc2n1.Cl. The van der Waals surface area contributed by atoms with E-state index in [1.54, 1.807) is 0 Å². The van der Waals surface area contributed by atoms with E-state index >= 15 is 0 Å². The number of halogens is 1. The molecule has 0 amide bonds. The number of unbranched alkanes of at least 4 members (excludes halogenated alkanes) is 7. The standard InChI is InChI=1S/C15H25N5.ClH/c1-2-3-4-5-6-7-8-9-10-20-11-13-14(16)17-12-18-15(13)19-20;/h11-12H,2-10H2,1H3,(H2,16,17,18,19);1H. The van der Waals surface area contributed by atoms with Crippen molar-refractivity contribution in [3.63, 3.8) is 0 Å². The summed E-state index contributed by atoms with van der Waals surface area (Å²) >= 11 is 0. The number of aryl methyl sites for hydroxylation is 1. The molecule has 2 aromatic rings. The maximum Gasteiger partial charge on any atom is 0.186 e. The van der Waals surface area contributed by atoms with Gasteiger partial charge in [-0.1, -0.05) is 51.9 Å². The van der Waals surface area contributed by atoms with Gasteiger partial charge in [-0.15, -0.1) is 12.4 Å². The summed E-state index contributed by atoms with van der Waals surface area (Å²) in [5.41, 5.74) is 6.49. The number of nitrogen functional groups attached to an aromatic ring is 1. The van der Waals surface area contributed by atoms with Gasteiger partial charge in [0.2, 0.25) is 0 Å². The van der Waals surface area contributed by atoms with Crippen LogP contribution in [0.1, 0.15) is 58.3 Å². The number of rotatable bonds is 9. The monoisotopic (exact) mass is 311 g/mol. The van der Waals surface area contributed by atoms with Crippen molar-refractivity contribution in [1.82, 2.24) is 19.7 Å². The topological polar surface area (TPSA) is 69.6 Å². The van der Waals surface area contributed by atoms with Crippen molar-refractivity contribution in [2.75, 3.05) is 5.73 Å². The molecule has 0 unspecified atom stereocenters. The van der Waals surface area contributed by atoms with Crippen LogP contribution in [0.3, 0.4) is 0 Å². The van der Waals surface area contributed by atoms with Crippen LogP contribution in [0.5, 0.6) is 0 Å². The van der Waals surface area contributed by atoms with E-state index in [1.807, 2.05) is 10.9 Å². The lowest BCUT2D eigenvalue weighted by Gasteiger charge is -2.02. The van der Waals surface area contributed by atoms with Crippen LogP contribution in [-0.2, 0) is 6.54 Å². The fourth-order valence-electron chi connectivity index (χ4n) is 2.42. The first-order chi connectivity index (χ1) is 9.81. The first kappa shape index (κ1) is 17.7. The molecule has 0 aliphatic heterocycles. The van der Waals surface area contributed by atoms with E-state index < -0.39 is 0 Å². The zero-order valence-corrected chi connectivity index (χ0v) is 13.6. The highest BCUT2D eigenvalue weighted by Crippen LogP contribution is 2.15. The van der Waals surface area contributed by atoms with E-state index in [-0.39, 0.29) is 12.4 Å². The normalized spacial score (nSPS) is 10.7. The minimum atomic E-state index is 0. The molecule has 2 rings (SSSR count). The van der Waals surface area contributed by atoms with Gasteiger partial charge in [-0.3, -0.25) is 4.68 Å². The summed E-state index contributed by atoms with van der Waals surface area (Å²) in [7, 11) is 0. The molecular formula is C15H26ClN5. The van der Waals surface area contributed by atoms with Gasteiger partial charge in [-0.05, 0) is 6.42 Å². The second-order valence-electron chi connectivity index (χ2n) is 5.36. The molecule has 21 heavy (non-hydrogen) atoms. The molecule has 0 atom stereocenters.